The van der Waals surface area contributed by atoms with E-state index in [4.69, 9.17) is 4.74 Å². The summed E-state index contributed by atoms with van der Waals surface area (Å²) < 4.78 is 5.38. The fraction of sp³-hybridized carbons (Fsp3) is 0.286. The summed E-state index contributed by atoms with van der Waals surface area (Å²) in [7, 11) is 0. The summed E-state index contributed by atoms with van der Waals surface area (Å²) in [5.74, 6) is 1.82. The van der Waals surface area contributed by atoms with Crippen LogP contribution in [-0.4, -0.2) is 41.4 Å². The molecule has 1 fully saturated rings. The lowest BCUT2D eigenvalue weighted by Gasteiger charge is -2.28. The summed E-state index contributed by atoms with van der Waals surface area (Å²) >= 11 is 0. The number of hydrogen-bond donors (Lipinski definition) is 1. The molecule has 1 aromatic carbocycles. The van der Waals surface area contributed by atoms with E-state index in [9.17, 15) is 5.11 Å². The molecular formula is C14H13N6O2. The first-order valence-electron chi connectivity index (χ1n) is 6.97. The van der Waals surface area contributed by atoms with Gasteiger partial charge in [-0.3, -0.25) is 0 Å². The van der Waals surface area contributed by atoms with Gasteiger partial charge in [0.05, 0.1) is 13.2 Å². The Hall–Kier alpha value is -2.74. The van der Waals surface area contributed by atoms with Gasteiger partial charge in [0.15, 0.2) is 17.3 Å². The minimum Gasteiger partial charge on any atom is -0.508 e. The van der Waals surface area contributed by atoms with Crippen LogP contribution < -0.4 is 10.3 Å². The van der Waals surface area contributed by atoms with Crippen LogP contribution in [0, 0.1) is 0 Å². The molecule has 8 heteroatoms. The Morgan fingerprint density at radius 3 is 2.82 bits per heavy atom. The number of ether oxygens (including phenoxy) is 1. The first kappa shape index (κ1) is 13.0. The lowest BCUT2D eigenvalue weighted by molar-refractivity contribution is 0.122. The quantitative estimate of drug-likeness (QED) is 0.913. The van der Waals surface area contributed by atoms with E-state index in [1.54, 1.807) is 18.2 Å². The molecule has 0 aliphatic carbocycles. The second kappa shape index (κ2) is 5.23. The molecule has 3 heterocycles. The first-order valence-corrected chi connectivity index (χ1v) is 6.97. The molecule has 22 heavy (non-hydrogen) atoms. The maximum absolute atomic E-state index is 9.64. The van der Waals surface area contributed by atoms with E-state index in [-0.39, 0.29) is 5.75 Å². The molecule has 2 aliphatic rings. The predicted molar refractivity (Wildman–Crippen MR) is 78.5 cm³/mol. The number of aromatic hydroxyl groups is 1. The van der Waals surface area contributed by atoms with Crippen molar-refractivity contribution in [1.82, 2.24) is 15.4 Å². The molecule has 8 nitrogen and oxygen atoms in total. The largest absolute Gasteiger partial charge is 0.508 e. The van der Waals surface area contributed by atoms with Crippen LogP contribution in [0.3, 0.4) is 0 Å². The molecule has 0 atom stereocenters. The SMILES string of the molecule is Oc1cccc(-c2nc3c(c(N4CCOCC4)n2)N=N[N]3)c1. The molecule has 0 amide bonds. The van der Waals surface area contributed by atoms with Crippen molar-refractivity contribution < 1.29 is 9.84 Å². The third kappa shape index (κ3) is 2.23. The molecule has 1 aromatic heterocycles. The number of rotatable bonds is 2. The van der Waals surface area contributed by atoms with Gasteiger partial charge in [-0.1, -0.05) is 12.1 Å². The van der Waals surface area contributed by atoms with Gasteiger partial charge in [-0.05, 0) is 17.4 Å². The first-order chi connectivity index (χ1) is 10.8. The maximum atomic E-state index is 9.64. The highest BCUT2D eigenvalue weighted by atomic mass is 16.5. The highest BCUT2D eigenvalue weighted by molar-refractivity contribution is 5.76. The Bertz CT molecular complexity index is 742. The molecular weight excluding hydrogens is 284 g/mol. The highest BCUT2D eigenvalue weighted by Gasteiger charge is 2.25. The normalized spacial score (nSPS) is 16.5. The lowest BCUT2D eigenvalue weighted by atomic mass is 10.2. The standard InChI is InChI=1S/C14H13N6O2/c21-10-3-1-2-9(8-10)12-15-13-11(17-19-18-13)14(16-12)20-4-6-22-7-5-20/h1-3,8,21H,4-7H2. The summed E-state index contributed by atoms with van der Waals surface area (Å²) in [6.07, 6.45) is 0. The van der Waals surface area contributed by atoms with Crippen molar-refractivity contribution in [3.63, 3.8) is 0 Å². The molecule has 0 bridgehead atoms. The van der Waals surface area contributed by atoms with Crippen LogP contribution in [0.2, 0.25) is 0 Å². The van der Waals surface area contributed by atoms with Crippen LogP contribution in [-0.2, 0) is 4.74 Å². The number of aromatic nitrogens is 2. The molecule has 1 saturated heterocycles. The monoisotopic (exact) mass is 297 g/mol. The van der Waals surface area contributed by atoms with E-state index in [1.807, 2.05) is 6.07 Å². The zero-order valence-electron chi connectivity index (χ0n) is 11.7. The van der Waals surface area contributed by atoms with Gasteiger partial charge in [0.2, 0.25) is 5.82 Å². The number of anilines is 1. The van der Waals surface area contributed by atoms with Crippen molar-refractivity contribution in [3.8, 4) is 17.1 Å². The van der Waals surface area contributed by atoms with Crippen molar-refractivity contribution in [2.45, 2.75) is 0 Å². The summed E-state index contributed by atoms with van der Waals surface area (Å²) in [5, 5.41) is 17.4. The summed E-state index contributed by atoms with van der Waals surface area (Å²) in [6.45, 7) is 2.76. The molecule has 1 radical (unpaired) electrons. The minimum atomic E-state index is 0.167. The molecule has 0 spiro atoms. The zero-order chi connectivity index (χ0) is 14.9. The smallest absolute Gasteiger partial charge is 0.210 e. The van der Waals surface area contributed by atoms with Gasteiger partial charge in [-0.25, -0.2) is 9.97 Å². The average molecular weight is 297 g/mol. The Kier molecular flexibility index (Phi) is 3.08. The predicted octanol–water partition coefficient (Wildman–Crippen LogP) is 1.93. The number of hydrogen-bond acceptors (Lipinski definition) is 7. The van der Waals surface area contributed by atoms with Crippen molar-refractivity contribution in [2.24, 2.45) is 10.3 Å². The summed E-state index contributed by atoms with van der Waals surface area (Å²) in [6, 6.07) is 6.82. The van der Waals surface area contributed by atoms with E-state index in [2.05, 4.69) is 30.6 Å². The highest BCUT2D eigenvalue weighted by Crippen LogP contribution is 2.39. The molecule has 0 unspecified atom stereocenters. The van der Waals surface area contributed by atoms with Gasteiger partial charge in [-0.2, -0.15) is 0 Å². The van der Waals surface area contributed by atoms with Crippen molar-refractivity contribution in [2.75, 3.05) is 31.2 Å². The fourth-order valence-electron chi connectivity index (χ4n) is 2.47. The second-order valence-corrected chi connectivity index (χ2v) is 4.98. The molecule has 1 N–H and O–H groups in total. The van der Waals surface area contributed by atoms with Gasteiger partial charge in [0.25, 0.3) is 0 Å². The topological polar surface area (TPSA) is 97.3 Å². The molecule has 0 saturated carbocycles. The van der Waals surface area contributed by atoms with Gasteiger partial charge in [-0.15, -0.1) is 10.5 Å². The molecule has 2 aliphatic heterocycles. The third-order valence-electron chi connectivity index (χ3n) is 3.55. The minimum absolute atomic E-state index is 0.167. The van der Waals surface area contributed by atoms with Crippen LogP contribution in [0.15, 0.2) is 34.6 Å². The van der Waals surface area contributed by atoms with Crippen molar-refractivity contribution in [1.29, 1.82) is 0 Å². The number of phenolic OH excluding ortho intramolecular Hbond substituents is 1. The van der Waals surface area contributed by atoms with Crippen LogP contribution in [0.5, 0.6) is 5.75 Å². The number of phenols is 1. The van der Waals surface area contributed by atoms with E-state index in [1.165, 1.54) is 0 Å². The van der Waals surface area contributed by atoms with Crippen LogP contribution >= 0.6 is 0 Å². The average Bonchev–Trinajstić information content (AvgIpc) is 3.03. The Morgan fingerprint density at radius 2 is 2.00 bits per heavy atom. The number of fused-ring (bicyclic) bond motifs is 1. The zero-order valence-corrected chi connectivity index (χ0v) is 11.7. The van der Waals surface area contributed by atoms with Crippen molar-refractivity contribution in [3.05, 3.63) is 24.3 Å². The van der Waals surface area contributed by atoms with Gasteiger partial charge in [0.1, 0.15) is 5.75 Å². The third-order valence-corrected chi connectivity index (χ3v) is 3.55. The van der Waals surface area contributed by atoms with Crippen LogP contribution in [0.1, 0.15) is 0 Å². The maximum Gasteiger partial charge on any atom is 0.210 e. The molecule has 2 aromatic rings. The van der Waals surface area contributed by atoms with E-state index in [0.29, 0.717) is 36.4 Å². The fourth-order valence-corrected chi connectivity index (χ4v) is 2.47. The summed E-state index contributed by atoms with van der Waals surface area (Å²) in [4.78, 5) is 11.1. The lowest BCUT2D eigenvalue weighted by Crippen LogP contribution is -2.36. The van der Waals surface area contributed by atoms with Crippen LogP contribution in [0.25, 0.3) is 11.4 Å². The number of morpholine rings is 1. The summed E-state index contributed by atoms with van der Waals surface area (Å²) in [5.41, 5.74) is 5.26. The van der Waals surface area contributed by atoms with Crippen molar-refractivity contribution >= 4 is 17.3 Å². The molecule has 111 valence electrons. The van der Waals surface area contributed by atoms with E-state index >= 15 is 0 Å². The Morgan fingerprint density at radius 1 is 1.14 bits per heavy atom. The van der Waals surface area contributed by atoms with Crippen LogP contribution in [0.4, 0.5) is 17.3 Å². The molecule has 4 rings (SSSR count). The van der Waals surface area contributed by atoms with E-state index in [0.717, 1.165) is 18.7 Å². The number of benzene rings is 1. The van der Waals surface area contributed by atoms with Gasteiger partial charge < -0.3 is 14.7 Å². The Labute approximate surface area is 126 Å². The Balaban J connectivity index is 1.81. The van der Waals surface area contributed by atoms with Gasteiger partial charge in [0, 0.05) is 18.7 Å². The second-order valence-electron chi connectivity index (χ2n) is 4.98. The number of nitrogens with zero attached hydrogens (tertiary/aromatic N) is 6. The van der Waals surface area contributed by atoms with E-state index < -0.39 is 0 Å². The van der Waals surface area contributed by atoms with Gasteiger partial charge >= 0.3 is 0 Å².